The van der Waals surface area contributed by atoms with E-state index in [9.17, 15) is 4.79 Å². The van der Waals surface area contributed by atoms with Crippen LogP contribution in [0.3, 0.4) is 0 Å². The molecule has 0 spiro atoms. The van der Waals surface area contributed by atoms with E-state index in [-0.39, 0.29) is 5.91 Å². The maximum absolute atomic E-state index is 12.2. The molecular formula is C22H25N5O. The third-order valence-electron chi connectivity index (χ3n) is 4.41. The number of amides is 1. The highest BCUT2D eigenvalue weighted by molar-refractivity contribution is 6.01. The first-order valence-corrected chi connectivity index (χ1v) is 9.46. The molecular weight excluding hydrogens is 350 g/mol. The summed E-state index contributed by atoms with van der Waals surface area (Å²) in [6, 6.07) is 17.9. The monoisotopic (exact) mass is 375 g/mol. The standard InChI is InChI=1S/C22H25N5O/c1-3-26(4-2)21-13-10-19(11-14-21)23-22(28)15-12-20-17-27(25-24-20)16-18-8-6-5-7-9-18/h5-15,17H,3-4,16H2,1-2H3,(H,23,28)/b15-12+. The van der Waals surface area contributed by atoms with Gasteiger partial charge in [-0.05, 0) is 49.8 Å². The van der Waals surface area contributed by atoms with Crippen molar-refractivity contribution in [3.05, 3.63) is 78.1 Å². The SMILES string of the molecule is CCN(CC)c1ccc(NC(=O)/C=C/c2cn(Cc3ccccc3)nn2)cc1. The van der Waals surface area contributed by atoms with Gasteiger partial charge in [0, 0.05) is 30.5 Å². The molecule has 0 unspecified atom stereocenters. The van der Waals surface area contributed by atoms with Gasteiger partial charge in [-0.2, -0.15) is 0 Å². The minimum Gasteiger partial charge on any atom is -0.372 e. The van der Waals surface area contributed by atoms with Gasteiger partial charge in [0.2, 0.25) is 5.91 Å². The van der Waals surface area contributed by atoms with E-state index in [2.05, 4.69) is 34.4 Å². The number of nitrogens with zero attached hydrogens (tertiary/aromatic N) is 4. The molecule has 1 heterocycles. The van der Waals surface area contributed by atoms with Crippen LogP contribution in [0.5, 0.6) is 0 Å². The van der Waals surface area contributed by atoms with Crippen molar-refractivity contribution in [1.82, 2.24) is 15.0 Å². The Morgan fingerprint density at radius 1 is 1.07 bits per heavy atom. The summed E-state index contributed by atoms with van der Waals surface area (Å²) in [5.41, 5.74) is 3.70. The summed E-state index contributed by atoms with van der Waals surface area (Å²) in [7, 11) is 0. The summed E-state index contributed by atoms with van der Waals surface area (Å²) in [5.74, 6) is -0.201. The van der Waals surface area contributed by atoms with Crippen LogP contribution in [0.25, 0.3) is 6.08 Å². The summed E-state index contributed by atoms with van der Waals surface area (Å²) in [4.78, 5) is 14.4. The second-order valence-corrected chi connectivity index (χ2v) is 6.37. The van der Waals surface area contributed by atoms with Crippen molar-refractivity contribution in [2.75, 3.05) is 23.3 Å². The molecule has 0 saturated heterocycles. The Morgan fingerprint density at radius 2 is 1.79 bits per heavy atom. The fraction of sp³-hybridized carbons (Fsp3) is 0.227. The van der Waals surface area contributed by atoms with Crippen molar-refractivity contribution in [2.45, 2.75) is 20.4 Å². The molecule has 0 bridgehead atoms. The maximum atomic E-state index is 12.2. The van der Waals surface area contributed by atoms with Gasteiger partial charge < -0.3 is 10.2 Å². The number of anilines is 2. The van der Waals surface area contributed by atoms with Crippen molar-refractivity contribution >= 4 is 23.4 Å². The molecule has 0 radical (unpaired) electrons. The van der Waals surface area contributed by atoms with Crippen LogP contribution in [0.2, 0.25) is 0 Å². The second-order valence-electron chi connectivity index (χ2n) is 6.37. The zero-order valence-electron chi connectivity index (χ0n) is 16.2. The molecule has 0 saturated carbocycles. The van der Waals surface area contributed by atoms with Gasteiger partial charge in [-0.1, -0.05) is 35.5 Å². The Morgan fingerprint density at radius 3 is 2.46 bits per heavy atom. The lowest BCUT2D eigenvalue weighted by Gasteiger charge is -2.21. The van der Waals surface area contributed by atoms with Crippen LogP contribution in [0, 0.1) is 0 Å². The summed E-state index contributed by atoms with van der Waals surface area (Å²) in [5, 5.41) is 11.0. The van der Waals surface area contributed by atoms with Crippen molar-refractivity contribution in [3.8, 4) is 0 Å². The molecule has 6 heteroatoms. The van der Waals surface area contributed by atoms with E-state index in [0.717, 1.165) is 30.0 Å². The van der Waals surface area contributed by atoms with Gasteiger partial charge >= 0.3 is 0 Å². The Labute approximate surface area is 165 Å². The van der Waals surface area contributed by atoms with E-state index in [4.69, 9.17) is 0 Å². The van der Waals surface area contributed by atoms with Gasteiger partial charge in [-0.3, -0.25) is 4.79 Å². The van der Waals surface area contributed by atoms with Gasteiger partial charge in [-0.25, -0.2) is 4.68 Å². The first kappa shape index (κ1) is 19.4. The van der Waals surface area contributed by atoms with E-state index >= 15 is 0 Å². The average molecular weight is 375 g/mol. The Balaban J connectivity index is 1.55. The van der Waals surface area contributed by atoms with Crippen LogP contribution < -0.4 is 10.2 Å². The first-order chi connectivity index (χ1) is 13.7. The summed E-state index contributed by atoms with van der Waals surface area (Å²) < 4.78 is 1.75. The lowest BCUT2D eigenvalue weighted by atomic mass is 10.2. The minimum absolute atomic E-state index is 0.201. The summed E-state index contributed by atoms with van der Waals surface area (Å²) in [6.45, 7) is 6.80. The fourth-order valence-corrected chi connectivity index (χ4v) is 2.93. The third kappa shape index (κ3) is 5.30. The quantitative estimate of drug-likeness (QED) is 0.608. The van der Waals surface area contributed by atoms with Crippen LogP contribution >= 0.6 is 0 Å². The predicted octanol–water partition coefficient (Wildman–Crippen LogP) is 3.82. The zero-order valence-corrected chi connectivity index (χ0v) is 16.2. The second kappa shape index (κ2) is 9.50. The van der Waals surface area contributed by atoms with Crippen molar-refractivity contribution in [2.24, 2.45) is 0 Å². The molecule has 0 atom stereocenters. The number of carbonyl (C=O) groups is 1. The average Bonchev–Trinajstić information content (AvgIpc) is 3.17. The third-order valence-corrected chi connectivity index (χ3v) is 4.41. The molecule has 1 amide bonds. The molecule has 0 aliphatic heterocycles. The number of benzene rings is 2. The molecule has 3 rings (SSSR count). The van der Waals surface area contributed by atoms with E-state index in [1.54, 1.807) is 10.8 Å². The number of carbonyl (C=O) groups excluding carboxylic acids is 1. The van der Waals surface area contributed by atoms with Crippen LogP contribution in [-0.4, -0.2) is 34.0 Å². The van der Waals surface area contributed by atoms with Gasteiger partial charge in [0.15, 0.2) is 0 Å². The number of hydrogen-bond acceptors (Lipinski definition) is 4. The number of nitrogens with one attached hydrogen (secondary N) is 1. The highest BCUT2D eigenvalue weighted by Gasteiger charge is 2.04. The van der Waals surface area contributed by atoms with Crippen LogP contribution in [0.15, 0.2) is 66.9 Å². The maximum Gasteiger partial charge on any atom is 0.248 e. The van der Waals surface area contributed by atoms with Gasteiger partial charge in [0.25, 0.3) is 0 Å². The lowest BCUT2D eigenvalue weighted by Crippen LogP contribution is -2.21. The van der Waals surface area contributed by atoms with E-state index in [1.165, 1.54) is 6.08 Å². The number of aromatic nitrogens is 3. The van der Waals surface area contributed by atoms with Gasteiger partial charge in [0.1, 0.15) is 5.69 Å². The van der Waals surface area contributed by atoms with E-state index < -0.39 is 0 Å². The molecule has 6 nitrogen and oxygen atoms in total. The summed E-state index contributed by atoms with van der Waals surface area (Å²) >= 11 is 0. The smallest absolute Gasteiger partial charge is 0.248 e. The molecule has 1 N–H and O–H groups in total. The topological polar surface area (TPSA) is 63.1 Å². The van der Waals surface area contributed by atoms with Crippen LogP contribution in [-0.2, 0) is 11.3 Å². The number of hydrogen-bond donors (Lipinski definition) is 1. The first-order valence-electron chi connectivity index (χ1n) is 9.46. The Bertz CT molecular complexity index is 912. The van der Waals surface area contributed by atoms with Crippen molar-refractivity contribution in [3.63, 3.8) is 0 Å². The normalized spacial score (nSPS) is 10.9. The molecule has 28 heavy (non-hydrogen) atoms. The van der Waals surface area contributed by atoms with Gasteiger partial charge in [0.05, 0.1) is 12.7 Å². The zero-order chi connectivity index (χ0) is 19.8. The highest BCUT2D eigenvalue weighted by Crippen LogP contribution is 2.17. The molecule has 3 aromatic rings. The van der Waals surface area contributed by atoms with Gasteiger partial charge in [-0.15, -0.1) is 5.10 Å². The van der Waals surface area contributed by atoms with Crippen molar-refractivity contribution in [1.29, 1.82) is 0 Å². The predicted molar refractivity (Wildman–Crippen MR) is 113 cm³/mol. The molecule has 0 aliphatic rings. The highest BCUT2D eigenvalue weighted by atomic mass is 16.1. The van der Waals surface area contributed by atoms with E-state index in [1.807, 2.05) is 60.8 Å². The van der Waals surface area contributed by atoms with Crippen molar-refractivity contribution < 1.29 is 4.79 Å². The molecule has 0 aliphatic carbocycles. The molecule has 2 aromatic carbocycles. The molecule has 1 aromatic heterocycles. The lowest BCUT2D eigenvalue weighted by molar-refractivity contribution is -0.111. The summed E-state index contributed by atoms with van der Waals surface area (Å²) in [6.07, 6.45) is 4.94. The minimum atomic E-state index is -0.201. The molecule has 0 fully saturated rings. The largest absolute Gasteiger partial charge is 0.372 e. The Kier molecular flexibility index (Phi) is 6.57. The van der Waals surface area contributed by atoms with Crippen LogP contribution in [0.4, 0.5) is 11.4 Å². The Hall–Kier alpha value is -3.41. The van der Waals surface area contributed by atoms with Crippen LogP contribution in [0.1, 0.15) is 25.1 Å². The van der Waals surface area contributed by atoms with E-state index in [0.29, 0.717) is 12.2 Å². The molecule has 144 valence electrons. The fourth-order valence-electron chi connectivity index (χ4n) is 2.93. The number of rotatable bonds is 8.